The molecule has 0 aliphatic heterocycles. The van der Waals surface area contributed by atoms with E-state index in [-0.39, 0.29) is 0 Å². The molecule has 0 unspecified atom stereocenters. The molecule has 56 heavy (non-hydrogen) atoms. The molecule has 3 aromatic heterocycles. The van der Waals surface area contributed by atoms with Crippen LogP contribution in [0.2, 0.25) is 0 Å². The van der Waals surface area contributed by atoms with Gasteiger partial charge >= 0.3 is 0 Å². The van der Waals surface area contributed by atoms with Crippen LogP contribution in [0.15, 0.2) is 188 Å². The number of nitrogens with one attached hydrogen (secondary N) is 1. The zero-order valence-corrected chi connectivity index (χ0v) is 30.2. The molecule has 4 nitrogen and oxygen atoms in total. The molecule has 0 radical (unpaired) electrons. The first-order valence-corrected chi connectivity index (χ1v) is 19.1. The second kappa shape index (κ2) is 12.0. The topological polar surface area (TPSA) is 42.2 Å². The molecular formula is C52H32N4. The first-order chi connectivity index (χ1) is 27.8. The van der Waals surface area contributed by atoms with Crippen molar-refractivity contribution in [2.75, 3.05) is 5.32 Å². The predicted molar refractivity (Wildman–Crippen MR) is 235 cm³/mol. The number of nitrogens with zero attached hydrogens (tertiary/aromatic N) is 3. The van der Waals surface area contributed by atoms with Crippen molar-refractivity contribution in [1.82, 2.24) is 14.4 Å². The van der Waals surface area contributed by atoms with Crippen LogP contribution in [0, 0.1) is 0 Å². The van der Waals surface area contributed by atoms with Crippen molar-refractivity contribution >= 4 is 82.2 Å². The number of para-hydroxylation sites is 3. The van der Waals surface area contributed by atoms with Crippen LogP contribution in [0.1, 0.15) is 0 Å². The Hall–Kier alpha value is -7.56. The number of rotatable bonds is 5. The molecule has 12 aromatic rings. The van der Waals surface area contributed by atoms with Gasteiger partial charge in [-0.05, 0) is 74.6 Å². The fourth-order valence-corrected chi connectivity index (χ4v) is 8.99. The molecule has 0 spiro atoms. The summed E-state index contributed by atoms with van der Waals surface area (Å²) >= 11 is 0. The average molecular weight is 713 g/mol. The van der Waals surface area contributed by atoms with Crippen molar-refractivity contribution in [3.05, 3.63) is 188 Å². The van der Waals surface area contributed by atoms with E-state index in [4.69, 9.17) is 9.97 Å². The van der Waals surface area contributed by atoms with Crippen molar-refractivity contribution in [3.8, 4) is 33.5 Å². The predicted octanol–water partition coefficient (Wildman–Crippen LogP) is 13.8. The first kappa shape index (κ1) is 30.9. The summed E-state index contributed by atoms with van der Waals surface area (Å²) < 4.78 is 2.44. The molecule has 0 bridgehead atoms. The van der Waals surface area contributed by atoms with E-state index in [9.17, 15) is 0 Å². The number of benzene rings is 9. The minimum absolute atomic E-state index is 0.553. The molecule has 0 amide bonds. The van der Waals surface area contributed by atoms with Crippen LogP contribution < -0.4 is 5.32 Å². The quantitative estimate of drug-likeness (QED) is 0.181. The lowest BCUT2D eigenvalue weighted by atomic mass is 9.93. The summed E-state index contributed by atoms with van der Waals surface area (Å²) in [4.78, 5) is 10.4. The minimum atomic E-state index is 0.553. The summed E-state index contributed by atoms with van der Waals surface area (Å²) in [5.41, 5.74) is 12.0. The largest absolute Gasteiger partial charge is 0.324 e. The number of fused-ring (bicyclic) bond motifs is 10. The van der Waals surface area contributed by atoms with Crippen LogP contribution in [0.3, 0.4) is 0 Å². The normalized spacial score (nSPS) is 11.9. The maximum Gasteiger partial charge on any atom is 0.228 e. The van der Waals surface area contributed by atoms with Crippen LogP contribution in [-0.2, 0) is 0 Å². The number of anilines is 2. The lowest BCUT2D eigenvalue weighted by Gasteiger charge is -2.16. The third-order valence-electron chi connectivity index (χ3n) is 11.5. The fourth-order valence-electron chi connectivity index (χ4n) is 8.99. The lowest BCUT2D eigenvalue weighted by molar-refractivity contribution is 1.22. The van der Waals surface area contributed by atoms with E-state index in [1.54, 1.807) is 0 Å². The highest BCUT2D eigenvalue weighted by Crippen LogP contribution is 2.46. The monoisotopic (exact) mass is 712 g/mol. The second-order valence-electron chi connectivity index (χ2n) is 14.6. The van der Waals surface area contributed by atoms with Gasteiger partial charge in [-0.3, -0.25) is 0 Å². The van der Waals surface area contributed by atoms with Gasteiger partial charge in [0.25, 0.3) is 0 Å². The Balaban J connectivity index is 1.09. The number of hydrogen-bond acceptors (Lipinski definition) is 3. The summed E-state index contributed by atoms with van der Waals surface area (Å²) in [5.74, 6) is 0.553. The van der Waals surface area contributed by atoms with Crippen LogP contribution in [-0.4, -0.2) is 14.4 Å². The average Bonchev–Trinajstić information content (AvgIpc) is 3.79. The van der Waals surface area contributed by atoms with Gasteiger partial charge < -0.3 is 9.72 Å². The number of hydrogen-bond donors (Lipinski definition) is 1. The Morgan fingerprint density at radius 3 is 1.91 bits per heavy atom. The highest BCUT2D eigenvalue weighted by Gasteiger charge is 2.22. The molecule has 12 rings (SSSR count). The highest BCUT2D eigenvalue weighted by atomic mass is 15.1. The molecule has 9 aromatic carbocycles. The Labute approximate surface area is 322 Å². The third-order valence-corrected chi connectivity index (χ3v) is 11.5. The summed E-state index contributed by atoms with van der Waals surface area (Å²) in [6.45, 7) is 0. The number of aromatic nitrogens is 3. The van der Waals surface area contributed by atoms with E-state index in [1.807, 2.05) is 6.07 Å². The Kier molecular flexibility index (Phi) is 6.60. The van der Waals surface area contributed by atoms with Crippen LogP contribution in [0.25, 0.3) is 104 Å². The van der Waals surface area contributed by atoms with E-state index >= 15 is 0 Å². The Bertz CT molecular complexity index is 3510. The molecule has 0 saturated heterocycles. The standard InChI is InChI=1S/C52H32N4/c1-2-12-32(13-3-1)35-26-29-46(44(30-35)39-27-28-40-38-16-7-10-20-47(38)56-48-21-11-8-18-42(48)49(39)51(40)56)54-52-53-45-19-9-6-17-41(45)50(55-52)36-25-24-34-23-22-33-14-4-5-15-37(33)43(34)31-36/h1-31H,(H,53,54,55). The fraction of sp³-hybridized carbons (Fsp3) is 0. The molecule has 0 fully saturated rings. The SMILES string of the molecule is c1ccc(-c2ccc(Nc3nc(-c4ccc5ccc6ccccc6c5c4)c4ccccc4n3)c(-c3ccc4c5ccccc5n5c6ccccc6c3c45)c2)cc1. The Morgan fingerprint density at radius 2 is 1.05 bits per heavy atom. The van der Waals surface area contributed by atoms with Gasteiger partial charge in [0.05, 0.1) is 27.8 Å². The van der Waals surface area contributed by atoms with Gasteiger partial charge in [-0.25, -0.2) is 9.97 Å². The van der Waals surface area contributed by atoms with Crippen LogP contribution in [0.4, 0.5) is 11.6 Å². The van der Waals surface area contributed by atoms with Gasteiger partial charge in [0.2, 0.25) is 5.95 Å². The van der Waals surface area contributed by atoms with E-state index < -0.39 is 0 Å². The molecule has 3 heterocycles. The van der Waals surface area contributed by atoms with E-state index in [0.29, 0.717) is 5.95 Å². The van der Waals surface area contributed by atoms with Crippen molar-refractivity contribution in [2.24, 2.45) is 0 Å². The molecule has 0 aliphatic carbocycles. The molecule has 1 N–H and O–H groups in total. The molecule has 0 saturated carbocycles. The van der Waals surface area contributed by atoms with Gasteiger partial charge in [0, 0.05) is 43.7 Å². The van der Waals surface area contributed by atoms with Crippen molar-refractivity contribution in [1.29, 1.82) is 0 Å². The summed E-state index contributed by atoms with van der Waals surface area (Å²) in [6, 6.07) is 67.4. The molecule has 0 atom stereocenters. The van der Waals surface area contributed by atoms with Crippen LogP contribution in [0.5, 0.6) is 0 Å². The first-order valence-electron chi connectivity index (χ1n) is 19.1. The third kappa shape index (κ3) is 4.60. The lowest BCUT2D eigenvalue weighted by Crippen LogP contribution is -2.01. The molecular weight excluding hydrogens is 681 g/mol. The summed E-state index contributed by atoms with van der Waals surface area (Å²) in [5, 5.41) is 14.6. The smallest absolute Gasteiger partial charge is 0.228 e. The maximum atomic E-state index is 5.31. The van der Waals surface area contributed by atoms with Crippen molar-refractivity contribution in [2.45, 2.75) is 0 Å². The van der Waals surface area contributed by atoms with Crippen molar-refractivity contribution in [3.63, 3.8) is 0 Å². The zero-order chi connectivity index (χ0) is 36.7. The van der Waals surface area contributed by atoms with E-state index in [1.165, 1.54) is 65.2 Å². The minimum Gasteiger partial charge on any atom is -0.324 e. The maximum absolute atomic E-state index is 5.31. The van der Waals surface area contributed by atoms with Gasteiger partial charge in [0.1, 0.15) is 0 Å². The van der Waals surface area contributed by atoms with Gasteiger partial charge in [-0.15, -0.1) is 0 Å². The second-order valence-corrected chi connectivity index (χ2v) is 14.6. The molecule has 0 aliphatic rings. The van der Waals surface area contributed by atoms with E-state index in [0.717, 1.165) is 44.5 Å². The molecule has 260 valence electrons. The van der Waals surface area contributed by atoms with Gasteiger partial charge in [-0.1, -0.05) is 152 Å². The van der Waals surface area contributed by atoms with Crippen molar-refractivity contribution < 1.29 is 0 Å². The van der Waals surface area contributed by atoms with E-state index in [2.05, 4.69) is 192 Å². The van der Waals surface area contributed by atoms with Gasteiger partial charge in [0.15, 0.2) is 0 Å². The highest BCUT2D eigenvalue weighted by molar-refractivity contribution is 6.27. The summed E-state index contributed by atoms with van der Waals surface area (Å²) in [7, 11) is 0. The zero-order valence-electron chi connectivity index (χ0n) is 30.2. The Morgan fingerprint density at radius 1 is 0.393 bits per heavy atom. The summed E-state index contributed by atoms with van der Waals surface area (Å²) in [6.07, 6.45) is 0. The molecule has 4 heteroatoms. The van der Waals surface area contributed by atoms with Gasteiger partial charge in [-0.2, -0.15) is 0 Å². The van der Waals surface area contributed by atoms with Crippen LogP contribution >= 0.6 is 0 Å².